The summed E-state index contributed by atoms with van der Waals surface area (Å²) >= 11 is 0. The van der Waals surface area contributed by atoms with Gasteiger partial charge in [0.15, 0.2) is 0 Å². The Morgan fingerprint density at radius 2 is 1.88 bits per heavy atom. The molecule has 16 heavy (non-hydrogen) atoms. The first-order valence-corrected chi connectivity index (χ1v) is 6.04. The largest absolute Gasteiger partial charge is 0.493 e. The molecular weight excluding hydrogens is 200 g/mol. The number of aliphatic hydroxyl groups is 1. The smallest absolute Gasteiger partial charge is 0.125 e. The zero-order valence-corrected chi connectivity index (χ0v) is 10.1. The van der Waals surface area contributed by atoms with E-state index in [9.17, 15) is 0 Å². The van der Waals surface area contributed by atoms with Gasteiger partial charge in [-0.3, -0.25) is 0 Å². The summed E-state index contributed by atoms with van der Waals surface area (Å²) in [7, 11) is 0. The SMILES string of the molecule is Cc1cc(CO)cc(C)c1OCC1CCC1. The van der Waals surface area contributed by atoms with Crippen molar-refractivity contribution in [1.29, 1.82) is 0 Å². The highest BCUT2D eigenvalue weighted by atomic mass is 16.5. The lowest BCUT2D eigenvalue weighted by atomic mass is 9.86. The molecule has 0 aromatic heterocycles. The molecule has 1 aliphatic rings. The number of hydrogen-bond donors (Lipinski definition) is 1. The number of benzene rings is 1. The average molecular weight is 220 g/mol. The molecule has 1 aromatic carbocycles. The molecule has 1 N–H and O–H groups in total. The van der Waals surface area contributed by atoms with Crippen molar-refractivity contribution < 1.29 is 9.84 Å². The van der Waals surface area contributed by atoms with Gasteiger partial charge in [0.1, 0.15) is 5.75 Å². The molecule has 0 amide bonds. The standard InChI is InChI=1S/C14H20O2/c1-10-6-13(8-15)7-11(2)14(10)16-9-12-4-3-5-12/h6-7,12,15H,3-5,8-9H2,1-2H3. The van der Waals surface area contributed by atoms with Crippen LogP contribution in [0.2, 0.25) is 0 Å². The van der Waals surface area contributed by atoms with E-state index in [1.54, 1.807) is 0 Å². The summed E-state index contributed by atoms with van der Waals surface area (Å²) in [5.41, 5.74) is 3.22. The molecule has 0 heterocycles. The molecule has 1 aromatic rings. The van der Waals surface area contributed by atoms with Gasteiger partial charge < -0.3 is 9.84 Å². The van der Waals surface area contributed by atoms with Crippen LogP contribution in [0.15, 0.2) is 12.1 Å². The molecule has 2 nitrogen and oxygen atoms in total. The van der Waals surface area contributed by atoms with Crippen LogP contribution in [0.1, 0.15) is 36.0 Å². The van der Waals surface area contributed by atoms with Gasteiger partial charge in [0.25, 0.3) is 0 Å². The van der Waals surface area contributed by atoms with Crippen molar-refractivity contribution in [2.45, 2.75) is 39.7 Å². The molecule has 88 valence electrons. The van der Waals surface area contributed by atoms with Gasteiger partial charge in [0.2, 0.25) is 0 Å². The van der Waals surface area contributed by atoms with Crippen LogP contribution in [-0.2, 0) is 6.61 Å². The highest BCUT2D eigenvalue weighted by Gasteiger charge is 2.18. The topological polar surface area (TPSA) is 29.5 Å². The van der Waals surface area contributed by atoms with E-state index >= 15 is 0 Å². The van der Waals surface area contributed by atoms with Crippen molar-refractivity contribution >= 4 is 0 Å². The third-order valence-electron chi connectivity index (χ3n) is 3.39. The Morgan fingerprint density at radius 1 is 1.25 bits per heavy atom. The van der Waals surface area contributed by atoms with Gasteiger partial charge in [0.05, 0.1) is 13.2 Å². The van der Waals surface area contributed by atoms with Gasteiger partial charge in [0, 0.05) is 0 Å². The van der Waals surface area contributed by atoms with Crippen molar-refractivity contribution in [3.05, 3.63) is 28.8 Å². The Bertz CT molecular complexity index is 344. The first-order chi connectivity index (χ1) is 7.70. The minimum atomic E-state index is 0.102. The van der Waals surface area contributed by atoms with Crippen molar-refractivity contribution in [3.63, 3.8) is 0 Å². The number of hydrogen-bond acceptors (Lipinski definition) is 2. The molecule has 1 saturated carbocycles. The van der Waals surface area contributed by atoms with E-state index in [0.717, 1.165) is 35.0 Å². The molecule has 0 atom stereocenters. The summed E-state index contributed by atoms with van der Waals surface area (Å²) in [6, 6.07) is 4.01. The highest BCUT2D eigenvalue weighted by Crippen LogP contribution is 2.30. The van der Waals surface area contributed by atoms with E-state index < -0.39 is 0 Å². The maximum absolute atomic E-state index is 9.10. The third kappa shape index (κ3) is 2.38. The van der Waals surface area contributed by atoms with E-state index in [2.05, 4.69) is 0 Å². The second-order valence-corrected chi connectivity index (χ2v) is 4.82. The lowest BCUT2D eigenvalue weighted by Crippen LogP contribution is -2.19. The molecule has 0 unspecified atom stereocenters. The Hall–Kier alpha value is -1.02. The van der Waals surface area contributed by atoms with E-state index in [4.69, 9.17) is 9.84 Å². The van der Waals surface area contributed by atoms with Crippen LogP contribution in [0.25, 0.3) is 0 Å². The first kappa shape index (κ1) is 11.5. The average Bonchev–Trinajstić information content (AvgIpc) is 2.19. The van der Waals surface area contributed by atoms with E-state index in [1.807, 2.05) is 26.0 Å². The monoisotopic (exact) mass is 220 g/mol. The molecule has 2 rings (SSSR count). The van der Waals surface area contributed by atoms with Crippen LogP contribution in [0.5, 0.6) is 5.75 Å². The summed E-state index contributed by atoms with van der Waals surface area (Å²) < 4.78 is 5.89. The van der Waals surface area contributed by atoms with Crippen LogP contribution in [0.3, 0.4) is 0 Å². The maximum atomic E-state index is 9.10. The summed E-state index contributed by atoms with van der Waals surface area (Å²) in [6.45, 7) is 5.04. The molecule has 0 bridgehead atoms. The molecule has 0 aliphatic heterocycles. The molecule has 0 spiro atoms. The van der Waals surface area contributed by atoms with Crippen LogP contribution in [0, 0.1) is 19.8 Å². The second-order valence-electron chi connectivity index (χ2n) is 4.82. The fraction of sp³-hybridized carbons (Fsp3) is 0.571. The minimum Gasteiger partial charge on any atom is -0.493 e. The zero-order chi connectivity index (χ0) is 11.5. The Labute approximate surface area is 97.3 Å². The fourth-order valence-corrected chi connectivity index (χ4v) is 2.22. The summed E-state index contributed by atoms with van der Waals surface area (Å²) in [5, 5.41) is 9.10. The fourth-order valence-electron chi connectivity index (χ4n) is 2.22. The van der Waals surface area contributed by atoms with Crippen LogP contribution in [-0.4, -0.2) is 11.7 Å². The zero-order valence-electron chi connectivity index (χ0n) is 10.1. The summed E-state index contributed by atoms with van der Waals surface area (Å²) in [5.74, 6) is 1.76. The van der Waals surface area contributed by atoms with Gasteiger partial charge in [-0.1, -0.05) is 18.6 Å². The number of ether oxygens (including phenoxy) is 1. The lowest BCUT2D eigenvalue weighted by molar-refractivity contribution is 0.179. The van der Waals surface area contributed by atoms with Crippen LogP contribution in [0.4, 0.5) is 0 Å². The molecule has 0 saturated heterocycles. The maximum Gasteiger partial charge on any atom is 0.125 e. The molecule has 1 aliphatic carbocycles. The molecule has 2 heteroatoms. The van der Waals surface area contributed by atoms with Crippen molar-refractivity contribution in [1.82, 2.24) is 0 Å². The van der Waals surface area contributed by atoms with Crippen LogP contribution < -0.4 is 4.74 Å². The van der Waals surface area contributed by atoms with Crippen LogP contribution >= 0.6 is 0 Å². The van der Waals surface area contributed by atoms with Gasteiger partial charge in [-0.15, -0.1) is 0 Å². The van der Waals surface area contributed by atoms with Gasteiger partial charge >= 0.3 is 0 Å². The predicted octanol–water partition coefficient (Wildman–Crippen LogP) is 2.97. The Balaban J connectivity index is 2.06. The van der Waals surface area contributed by atoms with E-state index in [1.165, 1.54) is 19.3 Å². The Morgan fingerprint density at radius 3 is 2.31 bits per heavy atom. The normalized spacial score (nSPS) is 15.9. The van der Waals surface area contributed by atoms with Gasteiger partial charge in [-0.25, -0.2) is 0 Å². The number of aliphatic hydroxyl groups excluding tert-OH is 1. The molecule has 1 fully saturated rings. The minimum absolute atomic E-state index is 0.102. The Kier molecular flexibility index (Phi) is 3.49. The first-order valence-electron chi connectivity index (χ1n) is 6.04. The van der Waals surface area contributed by atoms with Gasteiger partial charge in [-0.2, -0.15) is 0 Å². The second kappa shape index (κ2) is 4.88. The highest BCUT2D eigenvalue weighted by molar-refractivity contribution is 5.43. The summed E-state index contributed by atoms with van der Waals surface area (Å²) in [6.07, 6.45) is 3.98. The van der Waals surface area contributed by atoms with Gasteiger partial charge in [-0.05, 0) is 49.3 Å². The number of aryl methyl sites for hydroxylation is 2. The van der Waals surface area contributed by atoms with Crippen molar-refractivity contribution in [2.24, 2.45) is 5.92 Å². The summed E-state index contributed by atoms with van der Waals surface area (Å²) in [4.78, 5) is 0. The quantitative estimate of drug-likeness (QED) is 0.845. The molecular formula is C14H20O2. The van der Waals surface area contributed by atoms with E-state index in [-0.39, 0.29) is 6.61 Å². The number of rotatable bonds is 4. The third-order valence-corrected chi connectivity index (χ3v) is 3.39. The predicted molar refractivity (Wildman–Crippen MR) is 64.7 cm³/mol. The van der Waals surface area contributed by atoms with E-state index in [0.29, 0.717) is 0 Å². The van der Waals surface area contributed by atoms with Crippen molar-refractivity contribution in [3.8, 4) is 5.75 Å². The lowest BCUT2D eigenvalue weighted by Gasteiger charge is -2.26. The van der Waals surface area contributed by atoms with Crippen molar-refractivity contribution in [2.75, 3.05) is 6.61 Å². The molecule has 0 radical (unpaired) electrons.